The number of nitrogens with two attached hydrogens (primary N) is 1. The second-order valence-electron chi connectivity index (χ2n) is 4.35. The van der Waals surface area contributed by atoms with Crippen molar-refractivity contribution in [1.29, 1.82) is 0 Å². The molecule has 3 N–H and O–H groups in total. The first-order chi connectivity index (χ1) is 6.09. The van der Waals surface area contributed by atoms with Gasteiger partial charge in [0.2, 0.25) is 0 Å². The molecule has 0 spiro atoms. The van der Waals surface area contributed by atoms with Crippen LogP contribution in [0.4, 0.5) is 11.4 Å². The molecule has 1 heterocycles. The molecule has 1 atom stereocenters. The van der Waals surface area contributed by atoms with E-state index in [0.717, 1.165) is 11.4 Å². The van der Waals surface area contributed by atoms with E-state index in [2.05, 4.69) is 24.1 Å². The van der Waals surface area contributed by atoms with Crippen molar-refractivity contribution in [2.24, 2.45) is 5.41 Å². The minimum Gasteiger partial charge on any atom is -0.396 e. The van der Waals surface area contributed by atoms with Gasteiger partial charge in [0.15, 0.2) is 0 Å². The predicted octanol–water partition coefficient (Wildman–Crippen LogP) is 1.87. The molecule has 3 nitrogen and oxygen atoms in total. The molecule has 0 radical (unpaired) electrons. The number of nitrogens with zero attached hydrogens (tertiary/aromatic N) is 1. The lowest BCUT2D eigenvalue weighted by Gasteiger charge is -2.09. The van der Waals surface area contributed by atoms with Crippen molar-refractivity contribution in [2.75, 3.05) is 11.1 Å². The summed E-state index contributed by atoms with van der Waals surface area (Å²) in [6.07, 6.45) is 4.65. The van der Waals surface area contributed by atoms with Gasteiger partial charge in [-0.1, -0.05) is 13.8 Å². The van der Waals surface area contributed by atoms with Gasteiger partial charge in [-0.3, -0.25) is 4.98 Å². The lowest BCUT2D eigenvalue weighted by atomic mass is 10.2. The fraction of sp³-hybridized carbons (Fsp3) is 0.500. The van der Waals surface area contributed by atoms with E-state index in [9.17, 15) is 0 Å². The Hall–Kier alpha value is -1.25. The highest BCUT2D eigenvalue weighted by molar-refractivity contribution is 5.65. The van der Waals surface area contributed by atoms with Gasteiger partial charge in [0.1, 0.15) is 0 Å². The molecular weight excluding hydrogens is 162 g/mol. The van der Waals surface area contributed by atoms with E-state index in [1.807, 2.05) is 6.07 Å². The van der Waals surface area contributed by atoms with Crippen molar-refractivity contribution < 1.29 is 0 Å². The van der Waals surface area contributed by atoms with E-state index in [4.69, 9.17) is 5.73 Å². The lowest BCUT2D eigenvalue weighted by molar-refractivity contribution is 0.631. The molecule has 1 fully saturated rings. The maximum Gasteiger partial charge on any atom is 0.0736 e. The first kappa shape index (κ1) is 8.35. The van der Waals surface area contributed by atoms with Crippen LogP contribution in [0.15, 0.2) is 18.5 Å². The van der Waals surface area contributed by atoms with E-state index in [0.29, 0.717) is 11.5 Å². The molecule has 1 aliphatic carbocycles. The molecule has 70 valence electrons. The monoisotopic (exact) mass is 177 g/mol. The Labute approximate surface area is 78.4 Å². The number of anilines is 2. The lowest BCUT2D eigenvalue weighted by Crippen LogP contribution is -2.09. The van der Waals surface area contributed by atoms with Crippen LogP contribution in [0.5, 0.6) is 0 Å². The van der Waals surface area contributed by atoms with Crippen LogP contribution in [-0.2, 0) is 0 Å². The highest BCUT2D eigenvalue weighted by Gasteiger charge is 2.45. The van der Waals surface area contributed by atoms with Gasteiger partial charge < -0.3 is 11.1 Å². The number of hydrogen-bond donors (Lipinski definition) is 2. The zero-order valence-corrected chi connectivity index (χ0v) is 8.04. The molecule has 0 saturated heterocycles. The van der Waals surface area contributed by atoms with Gasteiger partial charge in [0, 0.05) is 12.2 Å². The summed E-state index contributed by atoms with van der Waals surface area (Å²) in [6.45, 7) is 4.50. The first-order valence-electron chi connectivity index (χ1n) is 4.55. The Kier molecular flexibility index (Phi) is 1.68. The molecule has 1 saturated carbocycles. The average Bonchev–Trinajstić information content (AvgIpc) is 2.64. The number of nitrogen functional groups attached to an aromatic ring is 1. The average molecular weight is 177 g/mol. The normalized spacial score (nSPS) is 24.0. The van der Waals surface area contributed by atoms with Crippen LogP contribution in [0.1, 0.15) is 20.3 Å². The molecule has 0 aliphatic heterocycles. The van der Waals surface area contributed by atoms with Crippen LogP contribution in [0, 0.1) is 5.41 Å². The van der Waals surface area contributed by atoms with E-state index in [1.165, 1.54) is 6.42 Å². The van der Waals surface area contributed by atoms with Gasteiger partial charge in [-0.05, 0) is 17.9 Å². The number of aromatic nitrogens is 1. The summed E-state index contributed by atoms with van der Waals surface area (Å²) in [5.74, 6) is 0. The smallest absolute Gasteiger partial charge is 0.0736 e. The van der Waals surface area contributed by atoms with Gasteiger partial charge >= 0.3 is 0 Å². The highest BCUT2D eigenvalue weighted by Crippen LogP contribution is 2.46. The Morgan fingerprint density at radius 2 is 2.31 bits per heavy atom. The summed E-state index contributed by atoms with van der Waals surface area (Å²) in [5.41, 5.74) is 7.92. The molecule has 3 heteroatoms. The second kappa shape index (κ2) is 2.62. The minimum atomic E-state index is 0.426. The third-order valence-electron chi connectivity index (χ3n) is 2.70. The van der Waals surface area contributed by atoms with Crippen LogP contribution >= 0.6 is 0 Å². The van der Waals surface area contributed by atoms with Crippen molar-refractivity contribution in [2.45, 2.75) is 26.3 Å². The maximum atomic E-state index is 5.76. The molecular formula is C10H15N3. The number of hydrogen-bond acceptors (Lipinski definition) is 3. The first-order valence-corrected chi connectivity index (χ1v) is 4.55. The topological polar surface area (TPSA) is 50.9 Å². The van der Waals surface area contributed by atoms with Gasteiger partial charge in [-0.15, -0.1) is 0 Å². The molecule has 0 bridgehead atoms. The van der Waals surface area contributed by atoms with Crippen molar-refractivity contribution in [3.63, 3.8) is 0 Å². The Morgan fingerprint density at radius 3 is 2.85 bits per heavy atom. The molecule has 1 aromatic heterocycles. The van der Waals surface area contributed by atoms with Crippen LogP contribution in [0.25, 0.3) is 0 Å². The summed E-state index contributed by atoms with van der Waals surface area (Å²) in [4.78, 5) is 3.94. The third kappa shape index (κ3) is 1.59. The molecule has 1 aliphatic rings. The summed E-state index contributed by atoms with van der Waals surface area (Å²) in [6, 6.07) is 2.49. The zero-order valence-electron chi connectivity index (χ0n) is 8.04. The van der Waals surface area contributed by atoms with E-state index in [1.54, 1.807) is 12.4 Å². The summed E-state index contributed by atoms with van der Waals surface area (Å²) in [5, 5.41) is 3.41. The molecule has 13 heavy (non-hydrogen) atoms. The van der Waals surface area contributed by atoms with Crippen molar-refractivity contribution >= 4 is 11.4 Å². The predicted molar refractivity (Wildman–Crippen MR) is 54.5 cm³/mol. The zero-order chi connectivity index (χ0) is 9.47. The fourth-order valence-corrected chi connectivity index (χ4v) is 1.44. The second-order valence-corrected chi connectivity index (χ2v) is 4.35. The van der Waals surface area contributed by atoms with Crippen molar-refractivity contribution in [3.8, 4) is 0 Å². The Morgan fingerprint density at radius 1 is 1.62 bits per heavy atom. The fourth-order valence-electron chi connectivity index (χ4n) is 1.44. The van der Waals surface area contributed by atoms with Gasteiger partial charge in [0.05, 0.1) is 17.6 Å². The molecule has 1 unspecified atom stereocenters. The van der Waals surface area contributed by atoms with E-state index < -0.39 is 0 Å². The van der Waals surface area contributed by atoms with Crippen LogP contribution in [0.2, 0.25) is 0 Å². The third-order valence-corrected chi connectivity index (χ3v) is 2.70. The Bertz CT molecular complexity index is 320. The minimum absolute atomic E-state index is 0.426. The molecule has 1 aromatic rings. The Balaban J connectivity index is 2.07. The quantitative estimate of drug-likeness (QED) is 0.725. The molecule has 0 aromatic carbocycles. The summed E-state index contributed by atoms with van der Waals surface area (Å²) in [7, 11) is 0. The summed E-state index contributed by atoms with van der Waals surface area (Å²) >= 11 is 0. The SMILES string of the molecule is CC1(C)CC1Nc1ccncc1N. The van der Waals surface area contributed by atoms with E-state index >= 15 is 0 Å². The largest absolute Gasteiger partial charge is 0.396 e. The summed E-state index contributed by atoms with van der Waals surface area (Å²) < 4.78 is 0. The highest BCUT2D eigenvalue weighted by atomic mass is 15.0. The molecule has 2 rings (SSSR count). The standard InChI is InChI=1S/C10H15N3/c1-10(2)5-9(10)13-8-3-4-12-6-7(8)11/h3-4,6,9H,5,11H2,1-2H3,(H,12,13). The van der Waals surface area contributed by atoms with Crippen LogP contribution < -0.4 is 11.1 Å². The van der Waals surface area contributed by atoms with Gasteiger partial charge in [-0.2, -0.15) is 0 Å². The van der Waals surface area contributed by atoms with Crippen molar-refractivity contribution in [1.82, 2.24) is 4.98 Å². The number of pyridine rings is 1. The number of nitrogens with one attached hydrogen (secondary N) is 1. The maximum absolute atomic E-state index is 5.76. The van der Waals surface area contributed by atoms with Crippen LogP contribution in [0.3, 0.4) is 0 Å². The van der Waals surface area contributed by atoms with Crippen LogP contribution in [-0.4, -0.2) is 11.0 Å². The van der Waals surface area contributed by atoms with Gasteiger partial charge in [0.25, 0.3) is 0 Å². The number of rotatable bonds is 2. The molecule has 0 amide bonds. The van der Waals surface area contributed by atoms with E-state index in [-0.39, 0.29) is 0 Å². The van der Waals surface area contributed by atoms with Gasteiger partial charge in [-0.25, -0.2) is 0 Å². The van der Waals surface area contributed by atoms with Crippen molar-refractivity contribution in [3.05, 3.63) is 18.5 Å².